The summed E-state index contributed by atoms with van der Waals surface area (Å²) >= 11 is 0. The highest BCUT2D eigenvalue weighted by Crippen LogP contribution is 2.48. The third-order valence-electron chi connectivity index (χ3n) is 9.10. The Kier molecular flexibility index (Phi) is 5.89. The lowest BCUT2D eigenvalue weighted by Gasteiger charge is -2.21. The Morgan fingerprint density at radius 1 is 0.267 bits per heavy atom. The molecule has 0 radical (unpaired) electrons. The first-order valence-electron chi connectivity index (χ1n) is 15.4. The third-order valence-corrected chi connectivity index (χ3v) is 9.10. The lowest BCUT2D eigenvalue weighted by atomic mass is 9.82. The van der Waals surface area contributed by atoms with Crippen molar-refractivity contribution in [1.82, 2.24) is 0 Å². The number of para-hydroxylation sites is 1. The van der Waals surface area contributed by atoms with Crippen molar-refractivity contribution in [3.63, 3.8) is 0 Å². The summed E-state index contributed by atoms with van der Waals surface area (Å²) in [5, 5.41) is 7.27. The number of benzene rings is 8. The molecule has 45 heavy (non-hydrogen) atoms. The first kappa shape index (κ1) is 25.6. The minimum atomic E-state index is 0.908. The minimum absolute atomic E-state index is 0.908. The van der Waals surface area contributed by atoms with E-state index in [9.17, 15) is 0 Å². The van der Waals surface area contributed by atoms with Crippen LogP contribution in [-0.4, -0.2) is 0 Å². The number of hydrogen-bond donors (Lipinski definition) is 0. The van der Waals surface area contributed by atoms with Gasteiger partial charge in [-0.05, 0) is 84.3 Å². The maximum absolute atomic E-state index is 6.31. The lowest BCUT2D eigenvalue weighted by molar-refractivity contribution is 0.669. The first-order chi connectivity index (χ1) is 22.3. The molecule has 0 aliphatic heterocycles. The molecule has 0 spiro atoms. The van der Waals surface area contributed by atoms with Gasteiger partial charge in [-0.1, -0.05) is 152 Å². The van der Waals surface area contributed by atoms with Crippen LogP contribution in [-0.2, 0) is 0 Å². The van der Waals surface area contributed by atoms with Gasteiger partial charge in [0.15, 0.2) is 0 Å². The summed E-state index contributed by atoms with van der Waals surface area (Å²) in [5.41, 5.74) is 11.6. The van der Waals surface area contributed by atoms with Gasteiger partial charge in [-0.2, -0.15) is 0 Å². The van der Waals surface area contributed by atoms with Crippen LogP contribution in [0.4, 0.5) is 0 Å². The van der Waals surface area contributed by atoms with Gasteiger partial charge in [0.2, 0.25) is 0 Å². The van der Waals surface area contributed by atoms with E-state index in [-0.39, 0.29) is 0 Å². The van der Waals surface area contributed by atoms with Gasteiger partial charge in [-0.3, -0.25) is 0 Å². The molecule has 0 saturated carbocycles. The Balaban J connectivity index is 1.34. The smallest absolute Gasteiger partial charge is 0.136 e. The Morgan fingerprint density at radius 2 is 0.689 bits per heavy atom. The summed E-state index contributed by atoms with van der Waals surface area (Å²) in [6.07, 6.45) is 0. The Morgan fingerprint density at radius 3 is 1.27 bits per heavy atom. The predicted molar refractivity (Wildman–Crippen MR) is 190 cm³/mol. The van der Waals surface area contributed by atoms with Crippen molar-refractivity contribution in [3.05, 3.63) is 170 Å². The second-order valence-electron chi connectivity index (χ2n) is 11.6. The van der Waals surface area contributed by atoms with Crippen molar-refractivity contribution in [3.8, 4) is 44.5 Å². The van der Waals surface area contributed by atoms with Gasteiger partial charge in [-0.25, -0.2) is 0 Å². The first-order valence-corrected chi connectivity index (χ1v) is 15.4. The van der Waals surface area contributed by atoms with Crippen LogP contribution in [0.1, 0.15) is 0 Å². The Hall–Kier alpha value is -5.92. The van der Waals surface area contributed by atoms with E-state index in [2.05, 4.69) is 158 Å². The average Bonchev–Trinajstić information content (AvgIpc) is 3.49. The van der Waals surface area contributed by atoms with Crippen LogP contribution in [0.2, 0.25) is 0 Å². The molecule has 0 aliphatic rings. The molecule has 0 bridgehead atoms. The van der Waals surface area contributed by atoms with E-state index < -0.39 is 0 Å². The molecule has 8 aromatic carbocycles. The Bertz CT molecular complexity index is 2480. The van der Waals surface area contributed by atoms with Crippen molar-refractivity contribution < 1.29 is 4.42 Å². The van der Waals surface area contributed by atoms with Crippen LogP contribution in [0.3, 0.4) is 0 Å². The molecular weight excluding hydrogens is 544 g/mol. The van der Waals surface area contributed by atoms with E-state index in [0.29, 0.717) is 0 Å². The van der Waals surface area contributed by atoms with Crippen LogP contribution in [0.25, 0.3) is 88.0 Å². The van der Waals surface area contributed by atoms with Gasteiger partial charge in [0.05, 0.1) is 0 Å². The van der Waals surface area contributed by atoms with Crippen molar-refractivity contribution in [2.45, 2.75) is 0 Å². The van der Waals surface area contributed by atoms with Gasteiger partial charge < -0.3 is 4.42 Å². The molecule has 0 N–H and O–H groups in total. The molecule has 1 heteroatoms. The standard InChI is InChI=1S/C44H28O/c1-2-14-29(15-3-1)31-16-4-6-19-35(31)43-37-21-8-10-23-39(37)44(40-24-11-9-22-38(40)43)36-20-7-5-17-32(36)30-26-27-34-33-18-12-13-25-41(33)45-42(34)28-30/h1-28H. The van der Waals surface area contributed by atoms with Gasteiger partial charge >= 0.3 is 0 Å². The fraction of sp³-hybridized carbons (Fsp3) is 0. The van der Waals surface area contributed by atoms with E-state index in [1.165, 1.54) is 60.5 Å². The summed E-state index contributed by atoms with van der Waals surface area (Å²) in [6, 6.07) is 61.0. The number of furan rings is 1. The molecule has 9 aromatic rings. The topological polar surface area (TPSA) is 13.1 Å². The largest absolute Gasteiger partial charge is 0.456 e. The second kappa shape index (κ2) is 10.4. The quantitative estimate of drug-likeness (QED) is 0.191. The molecule has 1 nitrogen and oxygen atoms in total. The predicted octanol–water partition coefficient (Wildman–Crippen LogP) is 12.6. The minimum Gasteiger partial charge on any atom is -0.456 e. The molecule has 1 aromatic heterocycles. The van der Waals surface area contributed by atoms with Crippen LogP contribution in [0.5, 0.6) is 0 Å². The maximum Gasteiger partial charge on any atom is 0.136 e. The molecule has 0 aliphatic carbocycles. The summed E-state index contributed by atoms with van der Waals surface area (Å²) in [7, 11) is 0. The molecule has 0 saturated heterocycles. The second-order valence-corrected chi connectivity index (χ2v) is 11.6. The van der Waals surface area contributed by atoms with Gasteiger partial charge in [0.1, 0.15) is 11.2 Å². The van der Waals surface area contributed by atoms with Crippen LogP contribution >= 0.6 is 0 Å². The zero-order valence-electron chi connectivity index (χ0n) is 24.6. The number of rotatable bonds is 4. The fourth-order valence-electron chi connectivity index (χ4n) is 7.13. The highest BCUT2D eigenvalue weighted by molar-refractivity contribution is 6.23. The van der Waals surface area contributed by atoms with E-state index in [1.807, 2.05) is 12.1 Å². The number of fused-ring (bicyclic) bond motifs is 5. The molecule has 0 amide bonds. The number of hydrogen-bond acceptors (Lipinski definition) is 1. The summed E-state index contributed by atoms with van der Waals surface area (Å²) < 4.78 is 6.31. The molecule has 0 fully saturated rings. The average molecular weight is 573 g/mol. The van der Waals surface area contributed by atoms with Gasteiger partial charge in [0.25, 0.3) is 0 Å². The van der Waals surface area contributed by atoms with Crippen molar-refractivity contribution in [2.75, 3.05) is 0 Å². The van der Waals surface area contributed by atoms with Crippen molar-refractivity contribution in [1.29, 1.82) is 0 Å². The molecule has 210 valence electrons. The normalized spacial score (nSPS) is 11.6. The zero-order chi connectivity index (χ0) is 29.7. The zero-order valence-corrected chi connectivity index (χ0v) is 24.6. The Labute approximate surface area is 261 Å². The fourth-order valence-corrected chi connectivity index (χ4v) is 7.13. The summed E-state index contributed by atoms with van der Waals surface area (Å²) in [6.45, 7) is 0. The maximum atomic E-state index is 6.31. The van der Waals surface area contributed by atoms with Gasteiger partial charge in [0, 0.05) is 10.8 Å². The highest BCUT2D eigenvalue weighted by atomic mass is 16.3. The summed E-state index contributed by atoms with van der Waals surface area (Å²) in [5.74, 6) is 0. The van der Waals surface area contributed by atoms with E-state index in [0.717, 1.165) is 27.5 Å². The SMILES string of the molecule is c1ccc(-c2ccccc2-c2c3ccccc3c(-c3ccccc3-c3ccc4c(c3)oc3ccccc34)c3ccccc23)cc1. The van der Waals surface area contributed by atoms with Crippen molar-refractivity contribution in [2.24, 2.45) is 0 Å². The van der Waals surface area contributed by atoms with Crippen molar-refractivity contribution >= 4 is 43.5 Å². The molecule has 9 rings (SSSR count). The molecule has 0 unspecified atom stereocenters. The molecular formula is C44H28O. The van der Waals surface area contributed by atoms with Crippen LogP contribution in [0.15, 0.2) is 174 Å². The lowest BCUT2D eigenvalue weighted by Crippen LogP contribution is -1.94. The van der Waals surface area contributed by atoms with Gasteiger partial charge in [-0.15, -0.1) is 0 Å². The van der Waals surface area contributed by atoms with E-state index in [4.69, 9.17) is 4.42 Å². The van der Waals surface area contributed by atoms with Crippen LogP contribution < -0.4 is 0 Å². The molecule has 0 atom stereocenters. The third kappa shape index (κ3) is 4.09. The summed E-state index contributed by atoms with van der Waals surface area (Å²) in [4.78, 5) is 0. The highest BCUT2D eigenvalue weighted by Gasteiger charge is 2.20. The van der Waals surface area contributed by atoms with E-state index >= 15 is 0 Å². The monoisotopic (exact) mass is 572 g/mol. The molecule has 1 heterocycles. The van der Waals surface area contributed by atoms with Crippen LogP contribution in [0, 0.1) is 0 Å². The van der Waals surface area contributed by atoms with E-state index in [1.54, 1.807) is 0 Å².